The molecule has 0 fully saturated rings. The van der Waals surface area contributed by atoms with E-state index in [4.69, 9.17) is 5.73 Å². The summed E-state index contributed by atoms with van der Waals surface area (Å²) in [5, 5.41) is 2.65. The Bertz CT molecular complexity index is 440. The smallest absolute Gasteiger partial charge is 0.254 e. The molecule has 3 nitrogen and oxygen atoms in total. The first-order valence-corrected chi connectivity index (χ1v) is 6.89. The van der Waals surface area contributed by atoms with E-state index in [1.165, 1.54) is 0 Å². The predicted molar refractivity (Wildman–Crippen MR) is 70.7 cm³/mol. The van der Waals surface area contributed by atoms with Crippen LogP contribution in [0, 0.1) is 11.6 Å². The summed E-state index contributed by atoms with van der Waals surface area (Å²) in [6.07, 6.45) is 2.75. The van der Waals surface area contributed by atoms with Gasteiger partial charge in [0.25, 0.3) is 5.91 Å². The minimum Gasteiger partial charge on any atom is -0.396 e. The molecule has 0 radical (unpaired) electrons. The van der Waals surface area contributed by atoms with Crippen LogP contribution < -0.4 is 11.1 Å². The van der Waals surface area contributed by atoms with Crippen LogP contribution in [0.1, 0.15) is 23.7 Å². The molecule has 0 aromatic heterocycles. The van der Waals surface area contributed by atoms with Gasteiger partial charge in [-0.15, -0.1) is 0 Å². The topological polar surface area (TPSA) is 55.1 Å². The van der Waals surface area contributed by atoms with E-state index in [1.54, 1.807) is 11.8 Å². The van der Waals surface area contributed by atoms with Crippen LogP contribution in [0.25, 0.3) is 0 Å². The van der Waals surface area contributed by atoms with Crippen molar-refractivity contribution in [1.82, 2.24) is 5.32 Å². The fourth-order valence-corrected chi connectivity index (χ4v) is 2.00. The molecule has 0 heterocycles. The van der Waals surface area contributed by atoms with Crippen molar-refractivity contribution in [2.75, 3.05) is 17.7 Å². The van der Waals surface area contributed by atoms with E-state index in [0.717, 1.165) is 18.2 Å². The van der Waals surface area contributed by atoms with Crippen molar-refractivity contribution in [3.05, 3.63) is 29.3 Å². The lowest BCUT2D eigenvalue weighted by Gasteiger charge is -2.14. The summed E-state index contributed by atoms with van der Waals surface area (Å²) in [5.41, 5.74) is 4.84. The molecular weight excluding hydrogens is 258 g/mol. The number of amides is 1. The molecule has 0 spiro atoms. The maximum absolute atomic E-state index is 13.4. The zero-order valence-corrected chi connectivity index (χ0v) is 11.1. The Morgan fingerprint density at radius 1 is 1.44 bits per heavy atom. The second kappa shape index (κ2) is 6.58. The number of rotatable bonds is 5. The Morgan fingerprint density at radius 2 is 2.11 bits per heavy atom. The lowest BCUT2D eigenvalue weighted by Crippen LogP contribution is -2.33. The maximum atomic E-state index is 13.4. The third kappa shape index (κ3) is 3.87. The van der Waals surface area contributed by atoms with Crippen molar-refractivity contribution < 1.29 is 13.6 Å². The molecule has 1 amide bonds. The van der Waals surface area contributed by atoms with Crippen LogP contribution in [0.2, 0.25) is 0 Å². The fraction of sp³-hybridized carbons (Fsp3) is 0.417. The lowest BCUT2D eigenvalue weighted by atomic mass is 10.1. The predicted octanol–water partition coefficient (Wildman–Crippen LogP) is 2.42. The lowest BCUT2D eigenvalue weighted by molar-refractivity contribution is 0.0935. The molecule has 18 heavy (non-hydrogen) atoms. The number of nitrogens with two attached hydrogens (primary N) is 1. The van der Waals surface area contributed by atoms with E-state index in [2.05, 4.69) is 5.32 Å². The van der Waals surface area contributed by atoms with Gasteiger partial charge in [-0.05, 0) is 31.4 Å². The Balaban J connectivity index is 2.75. The van der Waals surface area contributed by atoms with Gasteiger partial charge in [0.05, 0.1) is 11.3 Å². The normalized spacial score (nSPS) is 12.2. The first kappa shape index (κ1) is 14.8. The largest absolute Gasteiger partial charge is 0.396 e. The SMILES string of the molecule is CSCCC(C)NC(=O)c1cc(N)c(F)cc1F. The summed E-state index contributed by atoms with van der Waals surface area (Å²) in [4.78, 5) is 11.8. The summed E-state index contributed by atoms with van der Waals surface area (Å²) in [5.74, 6) is -1.45. The van der Waals surface area contributed by atoms with Crippen molar-refractivity contribution in [3.63, 3.8) is 0 Å². The third-order valence-corrected chi connectivity index (χ3v) is 3.11. The van der Waals surface area contributed by atoms with E-state index >= 15 is 0 Å². The van der Waals surface area contributed by atoms with Crippen LogP contribution in [0.5, 0.6) is 0 Å². The van der Waals surface area contributed by atoms with Gasteiger partial charge in [0.1, 0.15) is 11.6 Å². The average molecular weight is 274 g/mol. The van der Waals surface area contributed by atoms with Gasteiger partial charge in [0, 0.05) is 12.1 Å². The molecule has 1 unspecified atom stereocenters. The van der Waals surface area contributed by atoms with Crippen LogP contribution in [-0.2, 0) is 0 Å². The van der Waals surface area contributed by atoms with Gasteiger partial charge in [-0.2, -0.15) is 11.8 Å². The van der Waals surface area contributed by atoms with Crippen LogP contribution in [0.15, 0.2) is 12.1 Å². The van der Waals surface area contributed by atoms with Gasteiger partial charge < -0.3 is 11.1 Å². The summed E-state index contributed by atoms with van der Waals surface area (Å²) >= 11 is 1.67. The molecule has 1 atom stereocenters. The van der Waals surface area contributed by atoms with Crippen molar-refractivity contribution in [2.24, 2.45) is 0 Å². The van der Waals surface area contributed by atoms with Crippen LogP contribution in [0.4, 0.5) is 14.5 Å². The maximum Gasteiger partial charge on any atom is 0.254 e. The van der Waals surface area contributed by atoms with Gasteiger partial charge >= 0.3 is 0 Å². The van der Waals surface area contributed by atoms with E-state index in [9.17, 15) is 13.6 Å². The molecule has 3 N–H and O–H groups in total. The monoisotopic (exact) mass is 274 g/mol. The number of benzene rings is 1. The van der Waals surface area contributed by atoms with Crippen molar-refractivity contribution >= 4 is 23.4 Å². The van der Waals surface area contributed by atoms with E-state index in [1.807, 2.05) is 13.2 Å². The highest BCUT2D eigenvalue weighted by molar-refractivity contribution is 7.98. The number of thioether (sulfide) groups is 1. The molecule has 6 heteroatoms. The highest BCUT2D eigenvalue weighted by Gasteiger charge is 2.16. The number of carbonyl (C=O) groups excluding carboxylic acids is 1. The number of nitrogens with one attached hydrogen (secondary N) is 1. The number of halogens is 2. The van der Waals surface area contributed by atoms with Crippen LogP contribution >= 0.6 is 11.8 Å². The molecule has 1 rings (SSSR count). The molecule has 1 aromatic carbocycles. The molecule has 0 saturated heterocycles. The Labute approximate surface area is 109 Å². The summed E-state index contributed by atoms with van der Waals surface area (Å²) in [6, 6.07) is 1.56. The van der Waals surface area contributed by atoms with E-state index in [0.29, 0.717) is 6.07 Å². The number of carbonyl (C=O) groups is 1. The fourth-order valence-electron chi connectivity index (χ4n) is 1.41. The molecule has 100 valence electrons. The molecular formula is C12H16F2N2OS. The number of hydrogen-bond acceptors (Lipinski definition) is 3. The Kier molecular flexibility index (Phi) is 5.40. The zero-order valence-electron chi connectivity index (χ0n) is 10.3. The van der Waals surface area contributed by atoms with Crippen molar-refractivity contribution in [1.29, 1.82) is 0 Å². The molecule has 0 aliphatic carbocycles. The molecule has 0 bridgehead atoms. The van der Waals surface area contributed by atoms with E-state index in [-0.39, 0.29) is 17.3 Å². The molecule has 0 aliphatic heterocycles. The number of anilines is 1. The second-order valence-corrected chi connectivity index (χ2v) is 5.00. The molecule has 0 aliphatic rings. The quantitative estimate of drug-likeness (QED) is 0.811. The van der Waals surface area contributed by atoms with Gasteiger partial charge in [-0.1, -0.05) is 0 Å². The average Bonchev–Trinajstić information content (AvgIpc) is 2.31. The second-order valence-electron chi connectivity index (χ2n) is 4.01. The third-order valence-electron chi connectivity index (χ3n) is 2.46. The van der Waals surface area contributed by atoms with Gasteiger partial charge in [0.2, 0.25) is 0 Å². The first-order chi connectivity index (χ1) is 8.45. The zero-order chi connectivity index (χ0) is 13.7. The summed E-state index contributed by atoms with van der Waals surface area (Å²) in [7, 11) is 0. The van der Waals surface area contributed by atoms with Gasteiger partial charge in [-0.3, -0.25) is 4.79 Å². The Hall–Kier alpha value is -1.30. The standard InChI is InChI=1S/C12H16F2N2OS/c1-7(3-4-18-2)16-12(17)8-5-11(15)10(14)6-9(8)13/h5-7H,3-4,15H2,1-2H3,(H,16,17). The number of hydrogen-bond donors (Lipinski definition) is 2. The van der Waals surface area contributed by atoms with E-state index < -0.39 is 17.5 Å². The minimum absolute atomic E-state index is 0.0735. The van der Waals surface area contributed by atoms with Crippen LogP contribution in [0.3, 0.4) is 0 Å². The summed E-state index contributed by atoms with van der Waals surface area (Å²) in [6.45, 7) is 1.83. The van der Waals surface area contributed by atoms with Gasteiger partial charge in [0.15, 0.2) is 0 Å². The Morgan fingerprint density at radius 3 is 2.72 bits per heavy atom. The molecule has 1 aromatic rings. The molecule has 0 saturated carbocycles. The number of nitrogen functional groups attached to an aromatic ring is 1. The minimum atomic E-state index is -0.906. The summed E-state index contributed by atoms with van der Waals surface area (Å²) < 4.78 is 26.4. The van der Waals surface area contributed by atoms with Crippen molar-refractivity contribution in [3.8, 4) is 0 Å². The highest BCUT2D eigenvalue weighted by Crippen LogP contribution is 2.16. The first-order valence-electron chi connectivity index (χ1n) is 5.50. The van der Waals surface area contributed by atoms with Crippen LogP contribution in [-0.4, -0.2) is 24.0 Å². The van der Waals surface area contributed by atoms with Gasteiger partial charge in [-0.25, -0.2) is 8.78 Å². The van der Waals surface area contributed by atoms with Crippen molar-refractivity contribution in [2.45, 2.75) is 19.4 Å². The highest BCUT2D eigenvalue weighted by atomic mass is 32.2.